The fraction of sp³-hybridized carbons (Fsp3) is 0.267. The first-order chi connectivity index (χ1) is 9.15. The average molecular weight is 257 g/mol. The van der Waals surface area contributed by atoms with Crippen LogP contribution in [0.1, 0.15) is 11.3 Å². The largest absolute Gasteiger partial charge is 0.486 e. The first-order valence-electron chi connectivity index (χ1n) is 6.26. The molecule has 3 rings (SSSR count). The highest BCUT2D eigenvalue weighted by Crippen LogP contribution is 2.33. The van der Waals surface area contributed by atoms with Crippen molar-refractivity contribution in [1.29, 1.82) is 0 Å². The fourth-order valence-corrected chi connectivity index (χ4v) is 2.15. The van der Waals surface area contributed by atoms with Gasteiger partial charge in [-0.3, -0.25) is 4.79 Å². The minimum atomic E-state index is -0.0835. The summed E-state index contributed by atoms with van der Waals surface area (Å²) in [6.07, 6.45) is 0. The summed E-state index contributed by atoms with van der Waals surface area (Å²) in [5.74, 6) is 1.43. The van der Waals surface area contributed by atoms with Crippen LogP contribution in [0.25, 0.3) is 11.1 Å². The molecule has 0 radical (unpaired) electrons. The number of H-pyrrole nitrogens is 1. The topological polar surface area (TPSA) is 51.3 Å². The Hall–Kier alpha value is -2.23. The predicted octanol–water partition coefficient (Wildman–Crippen LogP) is 2.43. The highest BCUT2D eigenvalue weighted by Gasteiger charge is 2.14. The summed E-state index contributed by atoms with van der Waals surface area (Å²) in [6, 6.07) is 7.48. The molecule has 1 N–H and O–H groups in total. The molecule has 0 saturated carbocycles. The van der Waals surface area contributed by atoms with Gasteiger partial charge in [-0.1, -0.05) is 6.07 Å². The SMILES string of the molecule is Cc1cc(-c2ccc3c(c2)OCCO3)c(=O)[nH]c1C. The molecule has 0 bridgehead atoms. The molecule has 4 heteroatoms. The van der Waals surface area contributed by atoms with Crippen molar-refractivity contribution < 1.29 is 9.47 Å². The molecule has 0 amide bonds. The van der Waals surface area contributed by atoms with Crippen molar-refractivity contribution in [3.63, 3.8) is 0 Å². The zero-order valence-corrected chi connectivity index (χ0v) is 10.9. The summed E-state index contributed by atoms with van der Waals surface area (Å²) < 4.78 is 11.0. The van der Waals surface area contributed by atoms with Crippen LogP contribution in [0.5, 0.6) is 11.5 Å². The van der Waals surface area contributed by atoms with Crippen LogP contribution < -0.4 is 15.0 Å². The predicted molar refractivity (Wildman–Crippen MR) is 73.0 cm³/mol. The smallest absolute Gasteiger partial charge is 0.256 e. The third kappa shape index (κ3) is 2.10. The summed E-state index contributed by atoms with van der Waals surface area (Å²) >= 11 is 0. The summed E-state index contributed by atoms with van der Waals surface area (Å²) in [7, 11) is 0. The molecule has 0 aliphatic carbocycles. The number of hydrogen-bond donors (Lipinski definition) is 1. The van der Waals surface area contributed by atoms with Gasteiger partial charge >= 0.3 is 0 Å². The lowest BCUT2D eigenvalue weighted by Gasteiger charge is -2.18. The van der Waals surface area contributed by atoms with Crippen LogP contribution in [0.3, 0.4) is 0 Å². The van der Waals surface area contributed by atoms with E-state index in [0.717, 1.165) is 22.6 Å². The molecule has 1 aromatic heterocycles. The standard InChI is InChI=1S/C15H15NO3/c1-9-7-12(15(17)16-10(9)2)11-3-4-13-14(8-11)19-6-5-18-13/h3-4,7-8H,5-6H2,1-2H3,(H,16,17). The van der Waals surface area contributed by atoms with Gasteiger partial charge in [0.15, 0.2) is 11.5 Å². The van der Waals surface area contributed by atoms with Gasteiger partial charge in [-0.05, 0) is 43.2 Å². The molecule has 2 aromatic rings. The first kappa shape index (κ1) is 11.8. The van der Waals surface area contributed by atoms with E-state index >= 15 is 0 Å². The Morgan fingerprint density at radius 2 is 1.79 bits per heavy atom. The molecule has 0 unspecified atom stereocenters. The molecule has 0 atom stereocenters. The summed E-state index contributed by atoms with van der Waals surface area (Å²) in [4.78, 5) is 14.9. The Morgan fingerprint density at radius 3 is 2.58 bits per heavy atom. The van der Waals surface area contributed by atoms with Gasteiger partial charge in [0, 0.05) is 11.3 Å². The number of aromatic amines is 1. The summed E-state index contributed by atoms with van der Waals surface area (Å²) in [5, 5.41) is 0. The Morgan fingerprint density at radius 1 is 1.05 bits per heavy atom. The van der Waals surface area contributed by atoms with Crippen LogP contribution in [0.4, 0.5) is 0 Å². The van der Waals surface area contributed by atoms with Crippen LogP contribution in [-0.2, 0) is 0 Å². The van der Waals surface area contributed by atoms with Crippen molar-refractivity contribution in [3.05, 3.63) is 45.9 Å². The van der Waals surface area contributed by atoms with E-state index in [1.807, 2.05) is 38.1 Å². The van der Waals surface area contributed by atoms with E-state index in [0.29, 0.717) is 24.5 Å². The number of aromatic nitrogens is 1. The van der Waals surface area contributed by atoms with Crippen LogP contribution in [0.15, 0.2) is 29.1 Å². The number of aryl methyl sites for hydroxylation is 2. The highest BCUT2D eigenvalue weighted by molar-refractivity contribution is 5.67. The zero-order valence-electron chi connectivity index (χ0n) is 10.9. The van der Waals surface area contributed by atoms with Gasteiger partial charge in [0.05, 0.1) is 0 Å². The molecular formula is C15H15NO3. The molecule has 19 heavy (non-hydrogen) atoms. The first-order valence-corrected chi connectivity index (χ1v) is 6.26. The van der Waals surface area contributed by atoms with Crippen molar-refractivity contribution >= 4 is 0 Å². The Bertz CT molecular complexity index is 688. The van der Waals surface area contributed by atoms with Crippen molar-refractivity contribution in [2.45, 2.75) is 13.8 Å². The number of pyridine rings is 1. The number of ether oxygens (including phenoxy) is 2. The van der Waals surface area contributed by atoms with Crippen molar-refractivity contribution in [3.8, 4) is 22.6 Å². The van der Waals surface area contributed by atoms with Gasteiger partial charge in [0.1, 0.15) is 13.2 Å². The van der Waals surface area contributed by atoms with Crippen LogP contribution in [-0.4, -0.2) is 18.2 Å². The van der Waals surface area contributed by atoms with Crippen molar-refractivity contribution in [2.24, 2.45) is 0 Å². The molecule has 1 aliphatic rings. The lowest BCUT2D eigenvalue weighted by Crippen LogP contribution is -2.16. The van der Waals surface area contributed by atoms with E-state index in [4.69, 9.17) is 9.47 Å². The van der Waals surface area contributed by atoms with Crippen molar-refractivity contribution in [1.82, 2.24) is 4.98 Å². The molecule has 98 valence electrons. The Labute approximate surface area is 111 Å². The van der Waals surface area contributed by atoms with Crippen LogP contribution in [0, 0.1) is 13.8 Å². The minimum Gasteiger partial charge on any atom is -0.486 e. The monoisotopic (exact) mass is 257 g/mol. The maximum atomic E-state index is 12.0. The van der Waals surface area contributed by atoms with E-state index in [1.54, 1.807) is 0 Å². The second-order valence-electron chi connectivity index (χ2n) is 4.68. The van der Waals surface area contributed by atoms with E-state index in [2.05, 4.69) is 4.98 Å². The molecule has 2 heterocycles. The average Bonchev–Trinajstić information content (AvgIpc) is 2.42. The van der Waals surface area contributed by atoms with Gasteiger partial charge in [-0.25, -0.2) is 0 Å². The number of fused-ring (bicyclic) bond motifs is 1. The molecule has 0 spiro atoms. The van der Waals surface area contributed by atoms with Crippen LogP contribution in [0.2, 0.25) is 0 Å². The molecule has 0 saturated heterocycles. The summed E-state index contributed by atoms with van der Waals surface area (Å²) in [6.45, 7) is 4.98. The summed E-state index contributed by atoms with van der Waals surface area (Å²) in [5.41, 5.74) is 3.37. The van der Waals surface area contributed by atoms with Gasteiger partial charge in [0.2, 0.25) is 0 Å². The van der Waals surface area contributed by atoms with E-state index in [9.17, 15) is 4.79 Å². The number of nitrogens with one attached hydrogen (secondary N) is 1. The van der Waals surface area contributed by atoms with Crippen LogP contribution >= 0.6 is 0 Å². The highest BCUT2D eigenvalue weighted by atomic mass is 16.6. The third-order valence-electron chi connectivity index (χ3n) is 3.35. The van der Waals surface area contributed by atoms with E-state index < -0.39 is 0 Å². The van der Waals surface area contributed by atoms with Gasteiger partial charge in [-0.15, -0.1) is 0 Å². The second-order valence-corrected chi connectivity index (χ2v) is 4.68. The third-order valence-corrected chi connectivity index (χ3v) is 3.35. The fourth-order valence-electron chi connectivity index (χ4n) is 2.15. The number of benzene rings is 1. The van der Waals surface area contributed by atoms with E-state index in [-0.39, 0.29) is 5.56 Å². The normalized spacial score (nSPS) is 13.4. The zero-order chi connectivity index (χ0) is 13.4. The quantitative estimate of drug-likeness (QED) is 0.853. The maximum absolute atomic E-state index is 12.0. The molecule has 4 nitrogen and oxygen atoms in total. The minimum absolute atomic E-state index is 0.0835. The van der Waals surface area contributed by atoms with Gasteiger partial charge in [0.25, 0.3) is 5.56 Å². The lowest BCUT2D eigenvalue weighted by atomic mass is 10.0. The molecular weight excluding hydrogens is 242 g/mol. The maximum Gasteiger partial charge on any atom is 0.256 e. The van der Waals surface area contributed by atoms with Gasteiger partial charge in [-0.2, -0.15) is 0 Å². The lowest BCUT2D eigenvalue weighted by molar-refractivity contribution is 0.171. The molecule has 1 aliphatic heterocycles. The number of rotatable bonds is 1. The van der Waals surface area contributed by atoms with E-state index in [1.165, 1.54) is 0 Å². The Balaban J connectivity index is 2.12. The number of hydrogen-bond acceptors (Lipinski definition) is 3. The van der Waals surface area contributed by atoms with Crippen molar-refractivity contribution in [2.75, 3.05) is 13.2 Å². The second kappa shape index (κ2) is 4.46. The molecule has 0 fully saturated rings. The molecule has 1 aromatic carbocycles. The van der Waals surface area contributed by atoms with Gasteiger partial charge < -0.3 is 14.5 Å². The Kier molecular flexibility index (Phi) is 2.78.